The normalized spacial score (nSPS) is 10.3. The van der Waals surface area contributed by atoms with Gasteiger partial charge in [-0.15, -0.1) is 0 Å². The molecule has 2 aromatic rings. The summed E-state index contributed by atoms with van der Waals surface area (Å²) in [6, 6.07) is 7.95. The summed E-state index contributed by atoms with van der Waals surface area (Å²) in [6.45, 7) is 0.729. The van der Waals surface area contributed by atoms with E-state index in [9.17, 15) is 4.79 Å². The fourth-order valence-electron chi connectivity index (χ4n) is 1.82. The van der Waals surface area contributed by atoms with Gasteiger partial charge in [-0.1, -0.05) is 12.1 Å². The number of nitrogens with one attached hydrogen (secondary N) is 1. The fraction of sp³-hybridized carbons (Fsp3) is 0.333. The van der Waals surface area contributed by atoms with Gasteiger partial charge in [0.25, 0.3) is 0 Å². The minimum Gasteiger partial charge on any atom is -0.379 e. The van der Waals surface area contributed by atoms with Crippen molar-refractivity contribution in [2.75, 3.05) is 19.4 Å². The van der Waals surface area contributed by atoms with Crippen LogP contribution >= 0.6 is 0 Å². The first-order valence-electron chi connectivity index (χ1n) is 6.54. The number of benzene rings is 1. The first kappa shape index (κ1) is 14.1. The lowest BCUT2D eigenvalue weighted by molar-refractivity contribution is -0.127. The molecule has 0 aliphatic carbocycles. The van der Waals surface area contributed by atoms with Gasteiger partial charge in [0, 0.05) is 33.0 Å². The van der Waals surface area contributed by atoms with E-state index >= 15 is 0 Å². The number of nitrogens with zero attached hydrogens (tertiary/aromatic N) is 3. The van der Waals surface area contributed by atoms with Crippen LogP contribution in [0, 0.1) is 0 Å². The fourth-order valence-corrected chi connectivity index (χ4v) is 1.82. The molecule has 0 saturated heterocycles. The van der Waals surface area contributed by atoms with E-state index in [0.29, 0.717) is 6.42 Å². The molecule has 2 rings (SSSR count). The Balaban J connectivity index is 1.91. The summed E-state index contributed by atoms with van der Waals surface area (Å²) < 4.78 is 1.98. The van der Waals surface area contributed by atoms with E-state index in [2.05, 4.69) is 10.3 Å². The number of hydrogen-bond acceptors (Lipinski definition) is 3. The molecule has 1 amide bonds. The van der Waals surface area contributed by atoms with Gasteiger partial charge in [-0.25, -0.2) is 4.98 Å². The van der Waals surface area contributed by atoms with E-state index < -0.39 is 0 Å². The quantitative estimate of drug-likeness (QED) is 0.900. The minimum absolute atomic E-state index is 0.112. The lowest BCUT2D eigenvalue weighted by Crippen LogP contribution is -2.23. The molecule has 20 heavy (non-hydrogen) atoms. The number of likely N-dealkylation sites (N-methyl/N-ethyl adjacent to an activating group) is 1. The van der Waals surface area contributed by atoms with Crippen LogP contribution < -0.4 is 5.32 Å². The molecule has 0 atom stereocenters. The average Bonchev–Trinajstić information content (AvgIpc) is 2.83. The molecule has 1 N–H and O–H groups in total. The molecule has 0 fully saturated rings. The Hall–Kier alpha value is -2.30. The van der Waals surface area contributed by atoms with Gasteiger partial charge in [0.1, 0.15) is 0 Å². The Morgan fingerprint density at radius 3 is 2.55 bits per heavy atom. The number of anilines is 1. The molecule has 106 valence electrons. The van der Waals surface area contributed by atoms with Crippen LogP contribution in [-0.2, 0) is 24.8 Å². The standard InChI is InChI=1S/C15H20N4O/c1-18(2)15(20)8-12-4-6-13(7-5-12)17-10-14-9-16-11-19(14)3/h4-7,9,11,17H,8,10H2,1-3H3. The van der Waals surface area contributed by atoms with Crippen molar-refractivity contribution < 1.29 is 4.79 Å². The van der Waals surface area contributed by atoms with E-state index in [1.165, 1.54) is 0 Å². The highest BCUT2D eigenvalue weighted by Crippen LogP contribution is 2.12. The van der Waals surface area contributed by atoms with Crippen molar-refractivity contribution in [3.05, 3.63) is 48.0 Å². The summed E-state index contributed by atoms with van der Waals surface area (Å²) in [5.41, 5.74) is 3.18. The highest BCUT2D eigenvalue weighted by Gasteiger charge is 2.05. The Morgan fingerprint density at radius 2 is 2.00 bits per heavy atom. The zero-order valence-electron chi connectivity index (χ0n) is 12.1. The third-order valence-corrected chi connectivity index (χ3v) is 3.20. The summed E-state index contributed by atoms with van der Waals surface area (Å²) in [7, 11) is 5.51. The van der Waals surface area contributed by atoms with Crippen molar-refractivity contribution in [2.24, 2.45) is 7.05 Å². The first-order chi connectivity index (χ1) is 9.56. The predicted molar refractivity (Wildman–Crippen MR) is 79.4 cm³/mol. The van der Waals surface area contributed by atoms with Crippen LogP contribution in [0.5, 0.6) is 0 Å². The maximum atomic E-state index is 11.6. The molecule has 5 nitrogen and oxygen atoms in total. The van der Waals surface area contributed by atoms with E-state index in [1.807, 2.05) is 42.1 Å². The number of rotatable bonds is 5. The molecule has 0 unspecified atom stereocenters. The molecule has 0 aliphatic rings. The first-order valence-corrected chi connectivity index (χ1v) is 6.54. The van der Waals surface area contributed by atoms with Gasteiger partial charge in [0.15, 0.2) is 0 Å². The van der Waals surface area contributed by atoms with Gasteiger partial charge >= 0.3 is 0 Å². The van der Waals surface area contributed by atoms with Gasteiger partial charge in [0.05, 0.1) is 25.0 Å². The second kappa shape index (κ2) is 6.23. The number of hydrogen-bond donors (Lipinski definition) is 1. The lowest BCUT2D eigenvalue weighted by atomic mass is 10.1. The molecule has 0 aliphatic heterocycles. The highest BCUT2D eigenvalue weighted by atomic mass is 16.2. The molecule has 1 heterocycles. The highest BCUT2D eigenvalue weighted by molar-refractivity contribution is 5.78. The summed E-state index contributed by atoms with van der Waals surface area (Å²) >= 11 is 0. The van der Waals surface area contributed by atoms with Crippen molar-refractivity contribution >= 4 is 11.6 Å². The minimum atomic E-state index is 0.112. The SMILES string of the molecule is CN(C)C(=O)Cc1ccc(NCc2cncn2C)cc1. The van der Waals surface area contributed by atoms with Crippen molar-refractivity contribution in [2.45, 2.75) is 13.0 Å². The van der Waals surface area contributed by atoms with Gasteiger partial charge in [0.2, 0.25) is 5.91 Å². The van der Waals surface area contributed by atoms with Gasteiger partial charge in [-0.05, 0) is 17.7 Å². The molecule has 0 spiro atoms. The van der Waals surface area contributed by atoms with Crippen molar-refractivity contribution in [1.29, 1.82) is 0 Å². The van der Waals surface area contributed by atoms with Crippen LogP contribution in [0.3, 0.4) is 0 Å². The van der Waals surface area contributed by atoms with Crippen LogP contribution in [0.15, 0.2) is 36.8 Å². The number of aryl methyl sites for hydroxylation is 1. The molecule has 1 aromatic carbocycles. The third-order valence-electron chi connectivity index (χ3n) is 3.20. The summed E-state index contributed by atoms with van der Waals surface area (Å²) in [5, 5.41) is 3.34. The van der Waals surface area contributed by atoms with E-state index in [-0.39, 0.29) is 5.91 Å². The van der Waals surface area contributed by atoms with Crippen molar-refractivity contribution in [1.82, 2.24) is 14.5 Å². The number of imidazole rings is 1. The maximum absolute atomic E-state index is 11.6. The summed E-state index contributed by atoms with van der Waals surface area (Å²) in [5.74, 6) is 0.112. The summed E-state index contributed by atoms with van der Waals surface area (Å²) in [4.78, 5) is 17.3. The molecule has 5 heteroatoms. The molecular weight excluding hydrogens is 252 g/mol. The zero-order valence-corrected chi connectivity index (χ0v) is 12.1. The largest absolute Gasteiger partial charge is 0.379 e. The molecule has 0 saturated carbocycles. The average molecular weight is 272 g/mol. The Bertz CT molecular complexity index is 572. The number of amides is 1. The Labute approximate surface area is 119 Å². The van der Waals surface area contributed by atoms with E-state index in [1.54, 1.807) is 25.3 Å². The van der Waals surface area contributed by atoms with Crippen LogP contribution in [0.1, 0.15) is 11.3 Å². The third kappa shape index (κ3) is 3.60. The van der Waals surface area contributed by atoms with Gasteiger partial charge < -0.3 is 14.8 Å². The van der Waals surface area contributed by atoms with Crippen LogP contribution in [0.2, 0.25) is 0 Å². The van der Waals surface area contributed by atoms with Crippen molar-refractivity contribution in [3.63, 3.8) is 0 Å². The smallest absolute Gasteiger partial charge is 0.226 e. The zero-order chi connectivity index (χ0) is 14.5. The number of carbonyl (C=O) groups is 1. The van der Waals surface area contributed by atoms with Gasteiger partial charge in [-0.3, -0.25) is 4.79 Å². The van der Waals surface area contributed by atoms with Gasteiger partial charge in [-0.2, -0.15) is 0 Å². The van der Waals surface area contributed by atoms with Crippen molar-refractivity contribution in [3.8, 4) is 0 Å². The summed E-state index contributed by atoms with van der Waals surface area (Å²) in [6.07, 6.45) is 4.07. The maximum Gasteiger partial charge on any atom is 0.226 e. The second-order valence-corrected chi connectivity index (χ2v) is 5.01. The Kier molecular flexibility index (Phi) is 4.40. The topological polar surface area (TPSA) is 50.2 Å². The van der Waals surface area contributed by atoms with E-state index in [0.717, 1.165) is 23.5 Å². The predicted octanol–water partition coefficient (Wildman–Crippen LogP) is 1.66. The van der Waals surface area contributed by atoms with Crippen LogP contribution in [0.25, 0.3) is 0 Å². The molecule has 1 aromatic heterocycles. The van der Waals surface area contributed by atoms with Crippen LogP contribution in [-0.4, -0.2) is 34.5 Å². The van der Waals surface area contributed by atoms with Crippen LogP contribution in [0.4, 0.5) is 5.69 Å². The lowest BCUT2D eigenvalue weighted by Gasteiger charge is -2.11. The Morgan fingerprint density at radius 1 is 1.30 bits per heavy atom. The molecular formula is C15H20N4O. The second-order valence-electron chi connectivity index (χ2n) is 5.01. The van der Waals surface area contributed by atoms with E-state index in [4.69, 9.17) is 0 Å². The molecule has 0 radical (unpaired) electrons. The number of aromatic nitrogens is 2. The number of carbonyl (C=O) groups excluding carboxylic acids is 1. The molecule has 0 bridgehead atoms. The monoisotopic (exact) mass is 272 g/mol.